The molecule has 0 fully saturated rings. The zero-order chi connectivity index (χ0) is 15.2. The molecule has 1 unspecified atom stereocenters. The van der Waals surface area contributed by atoms with Gasteiger partial charge in [0.1, 0.15) is 0 Å². The van der Waals surface area contributed by atoms with E-state index < -0.39 is 0 Å². The largest absolute Gasteiger partial charge is 0.313 e. The monoisotopic (exact) mass is 291 g/mol. The molecule has 3 nitrogen and oxygen atoms in total. The summed E-state index contributed by atoms with van der Waals surface area (Å²) in [5.41, 5.74) is 1.25. The molecule has 3 heteroatoms. The van der Waals surface area contributed by atoms with Gasteiger partial charge in [0.25, 0.3) is 0 Å². The quantitative estimate of drug-likeness (QED) is 0.517. The summed E-state index contributed by atoms with van der Waals surface area (Å²) >= 11 is 0. The van der Waals surface area contributed by atoms with E-state index in [1.54, 1.807) is 6.20 Å². The number of unbranched alkanes of at least 4 members (excludes halogenated alkanes) is 9. The van der Waals surface area contributed by atoms with E-state index in [9.17, 15) is 0 Å². The third-order valence-corrected chi connectivity index (χ3v) is 4.20. The van der Waals surface area contributed by atoms with Gasteiger partial charge in [0, 0.05) is 12.2 Å². The first-order chi connectivity index (χ1) is 10.4. The van der Waals surface area contributed by atoms with Crippen LogP contribution in [-0.4, -0.2) is 17.2 Å². The molecule has 0 aliphatic carbocycles. The van der Waals surface area contributed by atoms with Crippen molar-refractivity contribution >= 4 is 0 Å². The normalized spacial score (nSPS) is 12.5. The fourth-order valence-electron chi connectivity index (χ4n) is 2.82. The first-order valence-corrected chi connectivity index (χ1v) is 8.82. The lowest BCUT2D eigenvalue weighted by molar-refractivity contribution is 0.491. The first-order valence-electron chi connectivity index (χ1n) is 8.82. The summed E-state index contributed by atoms with van der Waals surface area (Å²) in [6.45, 7) is 2.28. The van der Waals surface area contributed by atoms with Crippen molar-refractivity contribution in [1.82, 2.24) is 15.5 Å². The van der Waals surface area contributed by atoms with Crippen LogP contribution in [0.25, 0.3) is 0 Å². The molecule has 1 aromatic rings. The Bertz CT molecular complexity index is 326. The summed E-state index contributed by atoms with van der Waals surface area (Å²) < 4.78 is 0. The van der Waals surface area contributed by atoms with Crippen molar-refractivity contribution in [2.24, 2.45) is 0 Å². The number of hydrogen-bond donors (Lipinski definition) is 1. The van der Waals surface area contributed by atoms with Gasteiger partial charge in [-0.3, -0.25) is 0 Å². The van der Waals surface area contributed by atoms with Crippen LogP contribution in [0.15, 0.2) is 18.5 Å². The summed E-state index contributed by atoms with van der Waals surface area (Å²) in [5, 5.41) is 11.2. The van der Waals surface area contributed by atoms with Crippen LogP contribution in [-0.2, 0) is 0 Å². The fraction of sp³-hybridized carbons (Fsp3) is 0.778. The third kappa shape index (κ3) is 8.82. The third-order valence-electron chi connectivity index (χ3n) is 4.20. The van der Waals surface area contributed by atoms with Crippen LogP contribution in [0.3, 0.4) is 0 Å². The van der Waals surface area contributed by atoms with Gasteiger partial charge in [-0.1, -0.05) is 71.1 Å². The Hall–Kier alpha value is -0.960. The average molecular weight is 291 g/mol. The summed E-state index contributed by atoms with van der Waals surface area (Å²) in [6.07, 6.45) is 18.8. The molecular formula is C18H33N3. The van der Waals surface area contributed by atoms with E-state index in [0.717, 1.165) is 0 Å². The van der Waals surface area contributed by atoms with E-state index in [0.29, 0.717) is 6.04 Å². The van der Waals surface area contributed by atoms with Crippen molar-refractivity contribution in [3.63, 3.8) is 0 Å². The van der Waals surface area contributed by atoms with Crippen LogP contribution < -0.4 is 5.32 Å². The van der Waals surface area contributed by atoms with Crippen molar-refractivity contribution < 1.29 is 0 Å². The van der Waals surface area contributed by atoms with E-state index in [2.05, 4.69) is 28.5 Å². The molecule has 0 amide bonds. The number of hydrogen-bond acceptors (Lipinski definition) is 3. The molecule has 0 aliphatic heterocycles. The molecule has 1 aromatic heterocycles. The zero-order valence-corrected chi connectivity index (χ0v) is 14.0. The smallest absolute Gasteiger partial charge is 0.0544 e. The highest BCUT2D eigenvalue weighted by Crippen LogP contribution is 2.19. The van der Waals surface area contributed by atoms with Crippen LogP contribution in [0, 0.1) is 0 Å². The minimum absolute atomic E-state index is 0.426. The summed E-state index contributed by atoms with van der Waals surface area (Å²) in [5.74, 6) is 0. The van der Waals surface area contributed by atoms with Crippen LogP contribution >= 0.6 is 0 Å². The van der Waals surface area contributed by atoms with Gasteiger partial charge in [-0.2, -0.15) is 10.2 Å². The molecule has 1 N–H and O–H groups in total. The molecule has 1 heterocycles. The predicted molar refractivity (Wildman–Crippen MR) is 90.3 cm³/mol. The standard InChI is InChI=1S/C18H33N3/c1-3-4-5-6-7-8-9-10-11-12-13-18(19-2)17-14-15-20-21-16-17/h14-16,18-19H,3-13H2,1-2H3. The highest BCUT2D eigenvalue weighted by Gasteiger charge is 2.08. The molecule has 21 heavy (non-hydrogen) atoms. The van der Waals surface area contributed by atoms with Crippen molar-refractivity contribution in [3.05, 3.63) is 24.0 Å². The first kappa shape index (κ1) is 18.1. The Labute approximate surface area is 130 Å². The molecule has 0 aliphatic rings. The fourth-order valence-corrected chi connectivity index (χ4v) is 2.82. The second-order valence-corrected chi connectivity index (χ2v) is 5.99. The molecule has 1 rings (SSSR count). The van der Waals surface area contributed by atoms with Crippen LogP contribution in [0.2, 0.25) is 0 Å². The van der Waals surface area contributed by atoms with E-state index in [1.165, 1.54) is 76.2 Å². The van der Waals surface area contributed by atoms with Crippen molar-refractivity contribution in [2.45, 2.75) is 83.6 Å². The minimum atomic E-state index is 0.426. The molecule has 0 aromatic carbocycles. The van der Waals surface area contributed by atoms with Gasteiger partial charge in [0.05, 0.1) is 6.20 Å². The maximum absolute atomic E-state index is 3.96. The molecule has 1 atom stereocenters. The lowest BCUT2D eigenvalue weighted by atomic mass is 10.0. The lowest BCUT2D eigenvalue weighted by Crippen LogP contribution is -2.16. The SMILES string of the molecule is CCCCCCCCCCCCC(NC)c1ccnnc1. The van der Waals surface area contributed by atoms with Crippen LogP contribution in [0.1, 0.15) is 89.2 Å². The molecule has 120 valence electrons. The molecular weight excluding hydrogens is 258 g/mol. The molecule has 0 saturated carbocycles. The van der Waals surface area contributed by atoms with E-state index in [-0.39, 0.29) is 0 Å². The Morgan fingerprint density at radius 2 is 1.52 bits per heavy atom. The van der Waals surface area contributed by atoms with Crippen molar-refractivity contribution in [3.8, 4) is 0 Å². The van der Waals surface area contributed by atoms with E-state index >= 15 is 0 Å². The Balaban J connectivity index is 1.98. The summed E-state index contributed by atoms with van der Waals surface area (Å²) in [6, 6.07) is 2.49. The van der Waals surface area contributed by atoms with Crippen molar-refractivity contribution in [2.75, 3.05) is 7.05 Å². The number of nitrogens with zero attached hydrogens (tertiary/aromatic N) is 2. The minimum Gasteiger partial charge on any atom is -0.313 e. The number of nitrogens with one attached hydrogen (secondary N) is 1. The molecule has 0 radical (unpaired) electrons. The van der Waals surface area contributed by atoms with Crippen molar-refractivity contribution in [1.29, 1.82) is 0 Å². The van der Waals surface area contributed by atoms with Gasteiger partial charge in [-0.05, 0) is 25.1 Å². The summed E-state index contributed by atoms with van der Waals surface area (Å²) in [4.78, 5) is 0. The Morgan fingerprint density at radius 1 is 0.905 bits per heavy atom. The second-order valence-electron chi connectivity index (χ2n) is 5.99. The average Bonchev–Trinajstić information content (AvgIpc) is 2.54. The van der Waals surface area contributed by atoms with E-state index in [1.807, 2.05) is 13.2 Å². The van der Waals surface area contributed by atoms with E-state index in [4.69, 9.17) is 0 Å². The number of rotatable bonds is 13. The molecule has 0 saturated heterocycles. The van der Waals surface area contributed by atoms with Crippen LogP contribution in [0.4, 0.5) is 0 Å². The maximum Gasteiger partial charge on any atom is 0.0544 e. The van der Waals surface area contributed by atoms with Gasteiger partial charge in [-0.25, -0.2) is 0 Å². The van der Waals surface area contributed by atoms with Gasteiger partial charge >= 0.3 is 0 Å². The number of aromatic nitrogens is 2. The zero-order valence-electron chi connectivity index (χ0n) is 14.0. The van der Waals surface area contributed by atoms with Gasteiger partial charge in [-0.15, -0.1) is 0 Å². The highest BCUT2D eigenvalue weighted by molar-refractivity contribution is 5.10. The maximum atomic E-state index is 3.96. The summed E-state index contributed by atoms with van der Waals surface area (Å²) in [7, 11) is 2.03. The van der Waals surface area contributed by atoms with Crippen LogP contribution in [0.5, 0.6) is 0 Å². The Morgan fingerprint density at radius 3 is 2.05 bits per heavy atom. The topological polar surface area (TPSA) is 37.8 Å². The highest BCUT2D eigenvalue weighted by atomic mass is 15.1. The van der Waals surface area contributed by atoms with Gasteiger partial charge in [0.15, 0.2) is 0 Å². The molecule has 0 bridgehead atoms. The Kier molecular flexibility index (Phi) is 11.0. The van der Waals surface area contributed by atoms with Gasteiger partial charge in [0.2, 0.25) is 0 Å². The van der Waals surface area contributed by atoms with Gasteiger partial charge < -0.3 is 5.32 Å². The molecule has 0 spiro atoms. The second kappa shape index (κ2) is 12.8. The predicted octanol–water partition coefficient (Wildman–Crippen LogP) is 5.05. The lowest BCUT2D eigenvalue weighted by Gasteiger charge is -2.15.